The van der Waals surface area contributed by atoms with E-state index in [1.807, 2.05) is 54.6 Å². The molecule has 0 aliphatic heterocycles. The molecule has 1 N–H and O–H groups in total. The molecule has 3 aromatic carbocycles. The van der Waals surface area contributed by atoms with Crippen LogP contribution in [0.4, 0.5) is 0 Å². The number of hydrogen-bond donors (Lipinski definition) is 1. The summed E-state index contributed by atoms with van der Waals surface area (Å²) < 4.78 is 28.4. The van der Waals surface area contributed by atoms with E-state index in [4.69, 9.17) is 0 Å². The normalized spacial score (nSPS) is 11.4. The first kappa shape index (κ1) is 21.2. The molecule has 0 fully saturated rings. The molecule has 5 nitrogen and oxygen atoms in total. The minimum absolute atomic E-state index is 0.100. The molecule has 150 valence electrons. The summed E-state index contributed by atoms with van der Waals surface area (Å²) in [6.07, 6.45) is 0. The maximum Gasteiger partial charge on any atom is 0.243 e. The number of hydrogen-bond acceptors (Lipinski definition) is 3. The second-order valence-corrected chi connectivity index (χ2v) is 9.33. The Morgan fingerprint density at radius 1 is 0.828 bits per heavy atom. The van der Waals surface area contributed by atoms with Crippen molar-refractivity contribution >= 4 is 31.9 Å². The number of rotatable bonds is 8. The lowest BCUT2D eigenvalue weighted by Crippen LogP contribution is -2.40. The Kier molecular flexibility index (Phi) is 7.19. The Hall–Kier alpha value is -2.48. The first-order valence-electron chi connectivity index (χ1n) is 9.05. The van der Waals surface area contributed by atoms with Crippen molar-refractivity contribution in [2.45, 2.75) is 18.0 Å². The third-order valence-corrected chi connectivity index (χ3v) is 6.64. The van der Waals surface area contributed by atoms with Crippen molar-refractivity contribution in [1.29, 1.82) is 0 Å². The van der Waals surface area contributed by atoms with Crippen LogP contribution in [0.3, 0.4) is 0 Å². The van der Waals surface area contributed by atoms with Gasteiger partial charge in [-0.15, -0.1) is 0 Å². The van der Waals surface area contributed by atoms with E-state index in [-0.39, 0.29) is 23.9 Å². The van der Waals surface area contributed by atoms with Crippen LogP contribution in [0.15, 0.2) is 94.3 Å². The van der Waals surface area contributed by atoms with Gasteiger partial charge in [0.1, 0.15) is 0 Å². The van der Waals surface area contributed by atoms with E-state index in [9.17, 15) is 13.2 Å². The fourth-order valence-corrected chi connectivity index (χ4v) is 4.44. The van der Waals surface area contributed by atoms with E-state index in [1.54, 1.807) is 18.2 Å². The van der Waals surface area contributed by atoms with Crippen LogP contribution in [0.5, 0.6) is 0 Å². The molecule has 3 aromatic rings. The van der Waals surface area contributed by atoms with Crippen molar-refractivity contribution < 1.29 is 13.2 Å². The number of halogens is 1. The predicted molar refractivity (Wildman–Crippen MR) is 116 cm³/mol. The molecule has 0 aliphatic carbocycles. The summed E-state index contributed by atoms with van der Waals surface area (Å²) in [7, 11) is -3.83. The molecule has 0 atom stereocenters. The highest BCUT2D eigenvalue weighted by Gasteiger charge is 2.26. The Morgan fingerprint density at radius 3 is 2.03 bits per heavy atom. The topological polar surface area (TPSA) is 66.5 Å². The van der Waals surface area contributed by atoms with Gasteiger partial charge in [-0.2, -0.15) is 4.31 Å². The maximum atomic E-state index is 13.2. The molecule has 0 saturated carbocycles. The van der Waals surface area contributed by atoms with E-state index in [0.29, 0.717) is 6.54 Å². The van der Waals surface area contributed by atoms with Gasteiger partial charge in [-0.1, -0.05) is 76.6 Å². The van der Waals surface area contributed by atoms with Crippen LogP contribution in [0, 0.1) is 0 Å². The number of sulfonamides is 1. The van der Waals surface area contributed by atoms with Gasteiger partial charge < -0.3 is 5.32 Å². The molecule has 29 heavy (non-hydrogen) atoms. The Bertz CT molecular complexity index is 1040. The third kappa shape index (κ3) is 6.00. The van der Waals surface area contributed by atoms with Crippen LogP contribution in [0.1, 0.15) is 11.1 Å². The zero-order valence-electron chi connectivity index (χ0n) is 15.7. The smallest absolute Gasteiger partial charge is 0.243 e. The Labute approximate surface area is 179 Å². The standard InChI is InChI=1S/C22H21BrN2O3S/c23-20-13-11-19(12-14-20)16-25(29(27,28)21-9-5-2-6-10-21)17-22(26)24-15-18-7-3-1-4-8-18/h1-14H,15-17H2,(H,24,26). The Balaban J connectivity index is 1.78. The molecule has 3 rings (SSSR count). The van der Waals surface area contributed by atoms with Crippen molar-refractivity contribution in [3.63, 3.8) is 0 Å². The lowest BCUT2D eigenvalue weighted by Gasteiger charge is -2.22. The van der Waals surface area contributed by atoms with Gasteiger partial charge in [0.25, 0.3) is 0 Å². The van der Waals surface area contributed by atoms with Crippen molar-refractivity contribution in [1.82, 2.24) is 9.62 Å². The van der Waals surface area contributed by atoms with E-state index >= 15 is 0 Å². The SMILES string of the molecule is O=C(CN(Cc1ccc(Br)cc1)S(=O)(=O)c1ccccc1)NCc1ccccc1. The number of carbonyl (C=O) groups is 1. The largest absolute Gasteiger partial charge is 0.351 e. The van der Waals surface area contributed by atoms with E-state index in [1.165, 1.54) is 16.4 Å². The lowest BCUT2D eigenvalue weighted by molar-refractivity contribution is -0.121. The van der Waals surface area contributed by atoms with E-state index < -0.39 is 10.0 Å². The highest BCUT2D eigenvalue weighted by Crippen LogP contribution is 2.19. The molecule has 0 aromatic heterocycles. The van der Waals surface area contributed by atoms with Crippen molar-refractivity contribution in [3.8, 4) is 0 Å². The van der Waals surface area contributed by atoms with Gasteiger partial charge in [0.05, 0.1) is 11.4 Å². The average Bonchev–Trinajstić information content (AvgIpc) is 2.74. The van der Waals surface area contributed by atoms with Crippen LogP contribution >= 0.6 is 15.9 Å². The first-order chi connectivity index (χ1) is 13.9. The molecule has 0 radical (unpaired) electrons. The van der Waals surface area contributed by atoms with Crippen LogP contribution in [0.2, 0.25) is 0 Å². The van der Waals surface area contributed by atoms with Gasteiger partial charge in [-0.05, 0) is 35.4 Å². The molecular weight excluding hydrogens is 452 g/mol. The monoisotopic (exact) mass is 472 g/mol. The summed E-state index contributed by atoms with van der Waals surface area (Å²) in [4.78, 5) is 12.7. The summed E-state index contributed by atoms with van der Waals surface area (Å²) in [5.74, 6) is -0.356. The van der Waals surface area contributed by atoms with Crippen molar-refractivity contribution in [3.05, 3.63) is 101 Å². The third-order valence-electron chi connectivity index (χ3n) is 4.31. The van der Waals surface area contributed by atoms with Gasteiger partial charge in [0.2, 0.25) is 15.9 Å². The zero-order valence-corrected chi connectivity index (χ0v) is 18.1. The summed E-state index contributed by atoms with van der Waals surface area (Å²) in [6.45, 7) is 0.181. The summed E-state index contributed by atoms with van der Waals surface area (Å²) in [6, 6.07) is 25.0. The van der Waals surface area contributed by atoms with Gasteiger partial charge in [0, 0.05) is 17.6 Å². The average molecular weight is 473 g/mol. The molecule has 0 spiro atoms. The molecule has 0 saturated heterocycles. The fourth-order valence-electron chi connectivity index (χ4n) is 2.77. The van der Waals surface area contributed by atoms with Crippen LogP contribution < -0.4 is 5.32 Å². The molecule has 0 unspecified atom stereocenters. The molecular formula is C22H21BrN2O3S. The second-order valence-electron chi connectivity index (χ2n) is 6.47. The summed E-state index contributed by atoms with van der Waals surface area (Å²) in [5.41, 5.74) is 1.75. The number of amides is 1. The number of carbonyl (C=O) groups excluding carboxylic acids is 1. The summed E-state index contributed by atoms with van der Waals surface area (Å²) in [5, 5.41) is 2.80. The summed E-state index contributed by atoms with van der Waals surface area (Å²) >= 11 is 3.37. The van der Waals surface area contributed by atoms with Crippen molar-refractivity contribution in [2.24, 2.45) is 0 Å². The van der Waals surface area contributed by atoms with Crippen LogP contribution in [-0.2, 0) is 27.9 Å². The first-order valence-corrected chi connectivity index (χ1v) is 11.3. The highest BCUT2D eigenvalue weighted by molar-refractivity contribution is 9.10. The number of nitrogens with zero attached hydrogens (tertiary/aromatic N) is 1. The minimum Gasteiger partial charge on any atom is -0.351 e. The second kappa shape index (κ2) is 9.82. The van der Waals surface area contributed by atoms with Crippen LogP contribution in [0.25, 0.3) is 0 Å². The molecule has 0 heterocycles. The predicted octanol–water partition coefficient (Wildman–Crippen LogP) is 3.96. The number of benzene rings is 3. The fraction of sp³-hybridized carbons (Fsp3) is 0.136. The van der Waals surface area contributed by atoms with Gasteiger partial charge in [0.15, 0.2) is 0 Å². The molecule has 1 amide bonds. The van der Waals surface area contributed by atoms with Crippen LogP contribution in [-0.4, -0.2) is 25.2 Å². The lowest BCUT2D eigenvalue weighted by atomic mass is 10.2. The van der Waals surface area contributed by atoms with Crippen molar-refractivity contribution in [2.75, 3.05) is 6.54 Å². The van der Waals surface area contributed by atoms with E-state index in [0.717, 1.165) is 15.6 Å². The number of nitrogens with one attached hydrogen (secondary N) is 1. The van der Waals surface area contributed by atoms with Gasteiger partial charge in [-0.25, -0.2) is 8.42 Å². The minimum atomic E-state index is -3.83. The molecule has 0 aliphatic rings. The zero-order chi connectivity index (χ0) is 20.7. The quantitative estimate of drug-likeness (QED) is 0.539. The van der Waals surface area contributed by atoms with Gasteiger partial charge in [-0.3, -0.25) is 4.79 Å². The van der Waals surface area contributed by atoms with Gasteiger partial charge >= 0.3 is 0 Å². The molecule has 7 heteroatoms. The highest BCUT2D eigenvalue weighted by atomic mass is 79.9. The Morgan fingerprint density at radius 2 is 1.41 bits per heavy atom. The molecule has 0 bridgehead atoms. The van der Waals surface area contributed by atoms with E-state index in [2.05, 4.69) is 21.2 Å². The maximum absolute atomic E-state index is 13.2.